The van der Waals surface area contributed by atoms with Crippen LogP contribution in [0.2, 0.25) is 0 Å². The second-order valence-electron chi connectivity index (χ2n) is 4.62. The molecule has 5 heteroatoms. The first kappa shape index (κ1) is 14.3. The SMILES string of the molecule is CCNC(=O)CSCCC(C)(C#N)NC1CC1. The molecule has 1 aliphatic carbocycles. The van der Waals surface area contributed by atoms with Crippen molar-refractivity contribution in [3.05, 3.63) is 0 Å². The summed E-state index contributed by atoms with van der Waals surface area (Å²) in [5.74, 6) is 1.39. The van der Waals surface area contributed by atoms with Gasteiger partial charge in [-0.15, -0.1) is 0 Å². The Hall–Kier alpha value is -0.730. The van der Waals surface area contributed by atoms with Gasteiger partial charge >= 0.3 is 0 Å². The Bertz CT molecular complexity index is 299. The van der Waals surface area contributed by atoms with Crippen molar-refractivity contribution in [2.75, 3.05) is 18.1 Å². The van der Waals surface area contributed by atoms with Gasteiger partial charge < -0.3 is 5.32 Å². The molecule has 2 N–H and O–H groups in total. The number of nitrogens with one attached hydrogen (secondary N) is 2. The number of amides is 1. The van der Waals surface area contributed by atoms with Crippen molar-refractivity contribution in [3.63, 3.8) is 0 Å². The van der Waals surface area contributed by atoms with Crippen molar-refractivity contribution < 1.29 is 4.79 Å². The van der Waals surface area contributed by atoms with Crippen LogP contribution in [0, 0.1) is 11.3 Å². The maximum Gasteiger partial charge on any atom is 0.229 e. The smallest absolute Gasteiger partial charge is 0.229 e. The maximum atomic E-state index is 11.2. The predicted octanol–water partition coefficient (Wildman–Crippen LogP) is 1.28. The fourth-order valence-electron chi connectivity index (χ4n) is 1.53. The Morgan fingerprint density at radius 2 is 2.29 bits per heavy atom. The van der Waals surface area contributed by atoms with E-state index in [1.54, 1.807) is 11.8 Å². The molecule has 1 amide bonds. The first-order valence-electron chi connectivity index (χ1n) is 6.13. The van der Waals surface area contributed by atoms with E-state index >= 15 is 0 Å². The summed E-state index contributed by atoms with van der Waals surface area (Å²) < 4.78 is 0. The molecule has 0 saturated heterocycles. The van der Waals surface area contributed by atoms with E-state index in [1.807, 2.05) is 13.8 Å². The minimum Gasteiger partial charge on any atom is -0.356 e. The summed E-state index contributed by atoms with van der Waals surface area (Å²) in [6.07, 6.45) is 3.15. The fraction of sp³-hybridized carbons (Fsp3) is 0.833. The molecule has 1 fully saturated rings. The van der Waals surface area contributed by atoms with Gasteiger partial charge in [0, 0.05) is 12.6 Å². The standard InChI is InChI=1S/C12H21N3OS/c1-3-14-11(16)8-17-7-6-12(2,9-13)15-10-4-5-10/h10,15H,3-8H2,1-2H3,(H,14,16). The zero-order valence-electron chi connectivity index (χ0n) is 10.6. The highest BCUT2D eigenvalue weighted by molar-refractivity contribution is 7.99. The third-order valence-electron chi connectivity index (χ3n) is 2.70. The molecule has 1 saturated carbocycles. The molecule has 1 atom stereocenters. The van der Waals surface area contributed by atoms with E-state index in [2.05, 4.69) is 16.7 Å². The molecule has 0 aromatic rings. The first-order chi connectivity index (χ1) is 8.09. The Morgan fingerprint density at radius 3 is 2.82 bits per heavy atom. The molecule has 0 radical (unpaired) electrons. The van der Waals surface area contributed by atoms with E-state index in [1.165, 1.54) is 12.8 Å². The Morgan fingerprint density at radius 1 is 1.59 bits per heavy atom. The minimum atomic E-state index is -0.435. The van der Waals surface area contributed by atoms with E-state index in [4.69, 9.17) is 5.26 Å². The number of nitriles is 1. The van der Waals surface area contributed by atoms with Crippen LogP contribution >= 0.6 is 11.8 Å². The number of hydrogen-bond acceptors (Lipinski definition) is 4. The lowest BCUT2D eigenvalue weighted by molar-refractivity contribution is -0.118. The zero-order chi connectivity index (χ0) is 12.7. The van der Waals surface area contributed by atoms with E-state index in [0.717, 1.165) is 12.2 Å². The van der Waals surface area contributed by atoms with Gasteiger partial charge in [0.2, 0.25) is 5.91 Å². The molecule has 1 unspecified atom stereocenters. The van der Waals surface area contributed by atoms with Crippen LogP contribution in [0.1, 0.15) is 33.1 Å². The van der Waals surface area contributed by atoms with Crippen LogP contribution in [-0.4, -0.2) is 35.5 Å². The predicted molar refractivity (Wildman–Crippen MR) is 70.8 cm³/mol. The summed E-state index contributed by atoms with van der Waals surface area (Å²) in [7, 11) is 0. The molecule has 0 heterocycles. The molecular formula is C12H21N3OS. The minimum absolute atomic E-state index is 0.0753. The third-order valence-corrected chi connectivity index (χ3v) is 3.66. The first-order valence-corrected chi connectivity index (χ1v) is 7.28. The Kier molecular flexibility index (Phi) is 5.79. The van der Waals surface area contributed by atoms with Crippen LogP contribution in [0.4, 0.5) is 0 Å². The van der Waals surface area contributed by atoms with Crippen molar-refractivity contribution in [3.8, 4) is 6.07 Å². The molecule has 0 spiro atoms. The lowest BCUT2D eigenvalue weighted by Crippen LogP contribution is -2.42. The lowest BCUT2D eigenvalue weighted by atomic mass is 10.0. The number of thioether (sulfide) groups is 1. The number of carbonyl (C=O) groups is 1. The maximum absolute atomic E-state index is 11.2. The molecule has 4 nitrogen and oxygen atoms in total. The van der Waals surface area contributed by atoms with Gasteiger partial charge in [0.05, 0.1) is 11.8 Å². The van der Waals surface area contributed by atoms with Crippen molar-refractivity contribution in [2.24, 2.45) is 0 Å². The van der Waals surface area contributed by atoms with E-state index in [0.29, 0.717) is 18.3 Å². The third kappa shape index (κ3) is 5.94. The zero-order valence-corrected chi connectivity index (χ0v) is 11.4. The summed E-state index contributed by atoms with van der Waals surface area (Å²) in [5, 5.41) is 15.3. The molecular weight excluding hydrogens is 234 g/mol. The number of nitrogens with zero attached hydrogens (tertiary/aromatic N) is 1. The van der Waals surface area contributed by atoms with Gasteiger partial charge in [-0.2, -0.15) is 17.0 Å². The van der Waals surface area contributed by atoms with Crippen molar-refractivity contribution >= 4 is 17.7 Å². The highest BCUT2D eigenvalue weighted by Gasteiger charge is 2.31. The average Bonchev–Trinajstić information content (AvgIpc) is 3.09. The van der Waals surface area contributed by atoms with E-state index in [9.17, 15) is 4.79 Å². The molecule has 1 aliphatic rings. The summed E-state index contributed by atoms with van der Waals surface area (Å²) in [6.45, 7) is 4.53. The number of rotatable bonds is 8. The van der Waals surface area contributed by atoms with Crippen molar-refractivity contribution in [1.29, 1.82) is 5.26 Å². The molecule has 0 aromatic carbocycles. The van der Waals surface area contributed by atoms with Crippen LogP contribution in [0.15, 0.2) is 0 Å². The molecule has 1 rings (SSSR count). The van der Waals surface area contributed by atoms with Crippen molar-refractivity contribution in [1.82, 2.24) is 10.6 Å². The van der Waals surface area contributed by atoms with Gasteiger partial charge in [0.15, 0.2) is 0 Å². The Labute approximate surface area is 108 Å². The van der Waals surface area contributed by atoms with Gasteiger partial charge in [-0.05, 0) is 38.9 Å². The van der Waals surface area contributed by atoms with Crippen LogP contribution in [0.3, 0.4) is 0 Å². The largest absolute Gasteiger partial charge is 0.356 e. The monoisotopic (exact) mass is 255 g/mol. The average molecular weight is 255 g/mol. The molecule has 0 aliphatic heterocycles. The Balaban J connectivity index is 2.14. The molecule has 0 aromatic heterocycles. The van der Waals surface area contributed by atoms with Gasteiger partial charge in [-0.25, -0.2) is 0 Å². The highest BCUT2D eigenvalue weighted by Crippen LogP contribution is 2.24. The van der Waals surface area contributed by atoms with Gasteiger partial charge in [-0.1, -0.05) is 0 Å². The fourth-order valence-corrected chi connectivity index (χ4v) is 2.51. The molecule has 96 valence electrons. The van der Waals surface area contributed by atoms with Crippen LogP contribution in [0.25, 0.3) is 0 Å². The summed E-state index contributed by atoms with van der Waals surface area (Å²) in [6, 6.07) is 2.87. The summed E-state index contributed by atoms with van der Waals surface area (Å²) in [4.78, 5) is 11.2. The molecule has 17 heavy (non-hydrogen) atoms. The van der Waals surface area contributed by atoms with Gasteiger partial charge in [0.1, 0.15) is 5.54 Å². The van der Waals surface area contributed by atoms with E-state index in [-0.39, 0.29) is 5.91 Å². The quantitative estimate of drug-likeness (QED) is 0.641. The van der Waals surface area contributed by atoms with Crippen LogP contribution in [0.5, 0.6) is 0 Å². The normalized spacial score (nSPS) is 18.2. The van der Waals surface area contributed by atoms with Gasteiger partial charge in [-0.3, -0.25) is 10.1 Å². The number of carbonyl (C=O) groups excluding carboxylic acids is 1. The second kappa shape index (κ2) is 6.87. The van der Waals surface area contributed by atoms with Crippen molar-refractivity contribution in [2.45, 2.75) is 44.7 Å². The molecule has 0 bridgehead atoms. The summed E-state index contributed by atoms with van der Waals surface area (Å²) >= 11 is 1.59. The van der Waals surface area contributed by atoms with Crippen LogP contribution in [-0.2, 0) is 4.79 Å². The highest BCUT2D eigenvalue weighted by atomic mass is 32.2. The van der Waals surface area contributed by atoms with Crippen LogP contribution < -0.4 is 10.6 Å². The van der Waals surface area contributed by atoms with Gasteiger partial charge in [0.25, 0.3) is 0 Å². The van der Waals surface area contributed by atoms with E-state index < -0.39 is 5.54 Å². The summed E-state index contributed by atoms with van der Waals surface area (Å²) in [5.41, 5.74) is -0.435. The lowest BCUT2D eigenvalue weighted by Gasteiger charge is -2.22. The second-order valence-corrected chi connectivity index (χ2v) is 5.72. The number of hydrogen-bond donors (Lipinski definition) is 2. The topological polar surface area (TPSA) is 64.9 Å².